The van der Waals surface area contributed by atoms with Crippen molar-refractivity contribution in [3.8, 4) is 0 Å². The highest BCUT2D eigenvalue weighted by atomic mass is 16.1. The van der Waals surface area contributed by atoms with E-state index in [0.29, 0.717) is 17.6 Å². The molecule has 0 bridgehead atoms. The molecule has 0 aliphatic heterocycles. The number of hydrogen-bond donors (Lipinski definition) is 0. The fourth-order valence-electron chi connectivity index (χ4n) is 2.82. The van der Waals surface area contributed by atoms with E-state index in [4.69, 9.17) is 0 Å². The third kappa shape index (κ3) is 4.27. The molecule has 0 N–H and O–H groups in total. The Balaban J connectivity index is 2.22. The Morgan fingerprint density at radius 2 is 1.69 bits per heavy atom. The molecule has 94 valence electrons. The Hall–Kier alpha value is -0.330. The summed E-state index contributed by atoms with van der Waals surface area (Å²) >= 11 is 0. The average Bonchev–Trinajstić information content (AvgIpc) is 2.57. The van der Waals surface area contributed by atoms with Crippen LogP contribution in [0, 0.1) is 17.8 Å². The second-order valence-electron chi connectivity index (χ2n) is 5.84. The van der Waals surface area contributed by atoms with Gasteiger partial charge in [0.1, 0.15) is 5.78 Å². The van der Waals surface area contributed by atoms with Crippen LogP contribution in [0.2, 0.25) is 0 Å². The van der Waals surface area contributed by atoms with E-state index in [9.17, 15) is 4.79 Å². The van der Waals surface area contributed by atoms with Crippen LogP contribution in [0.15, 0.2) is 0 Å². The van der Waals surface area contributed by atoms with Gasteiger partial charge in [0.2, 0.25) is 0 Å². The highest BCUT2D eigenvalue weighted by molar-refractivity contribution is 5.85. The Morgan fingerprint density at radius 3 is 2.19 bits per heavy atom. The summed E-state index contributed by atoms with van der Waals surface area (Å²) in [6, 6.07) is 0. The minimum absolute atomic E-state index is 0.417. The first-order chi connectivity index (χ1) is 7.65. The molecule has 0 aromatic rings. The van der Waals surface area contributed by atoms with Gasteiger partial charge in [0.15, 0.2) is 0 Å². The molecule has 0 aromatic heterocycles. The van der Waals surface area contributed by atoms with Crippen molar-refractivity contribution in [2.24, 2.45) is 17.8 Å². The molecule has 0 saturated heterocycles. The molecule has 0 heterocycles. The SMILES string of the molecule is CCCCC1CCC(CCCC(C)C)C1=O. The van der Waals surface area contributed by atoms with Gasteiger partial charge in [-0.15, -0.1) is 0 Å². The van der Waals surface area contributed by atoms with E-state index in [1.54, 1.807) is 0 Å². The van der Waals surface area contributed by atoms with Gasteiger partial charge in [-0.2, -0.15) is 0 Å². The lowest BCUT2D eigenvalue weighted by Gasteiger charge is -2.11. The predicted molar refractivity (Wildman–Crippen MR) is 69.4 cm³/mol. The first-order valence-corrected chi connectivity index (χ1v) is 7.18. The van der Waals surface area contributed by atoms with Crippen molar-refractivity contribution in [1.82, 2.24) is 0 Å². The van der Waals surface area contributed by atoms with Crippen LogP contribution in [0.3, 0.4) is 0 Å². The molecule has 0 aromatic carbocycles. The molecule has 1 aliphatic carbocycles. The molecule has 1 rings (SSSR count). The third-order valence-electron chi connectivity index (χ3n) is 3.91. The van der Waals surface area contributed by atoms with Crippen LogP contribution in [0.5, 0.6) is 0 Å². The van der Waals surface area contributed by atoms with E-state index in [1.807, 2.05) is 0 Å². The van der Waals surface area contributed by atoms with Crippen molar-refractivity contribution in [2.45, 2.75) is 72.1 Å². The first-order valence-electron chi connectivity index (χ1n) is 7.18. The summed E-state index contributed by atoms with van der Waals surface area (Å²) in [5.74, 6) is 2.22. The molecular weight excluding hydrogens is 196 g/mol. The van der Waals surface area contributed by atoms with Crippen LogP contribution >= 0.6 is 0 Å². The molecule has 16 heavy (non-hydrogen) atoms. The van der Waals surface area contributed by atoms with E-state index in [2.05, 4.69) is 20.8 Å². The van der Waals surface area contributed by atoms with Gasteiger partial charge in [-0.25, -0.2) is 0 Å². The van der Waals surface area contributed by atoms with E-state index in [1.165, 1.54) is 38.5 Å². The number of ketones is 1. The summed E-state index contributed by atoms with van der Waals surface area (Å²) in [4.78, 5) is 12.1. The smallest absolute Gasteiger partial charge is 0.139 e. The third-order valence-corrected chi connectivity index (χ3v) is 3.91. The summed E-state index contributed by atoms with van der Waals surface area (Å²) in [6.45, 7) is 6.74. The fourth-order valence-corrected chi connectivity index (χ4v) is 2.82. The molecule has 1 nitrogen and oxygen atoms in total. The summed E-state index contributed by atoms with van der Waals surface area (Å²) in [5.41, 5.74) is 0. The number of hydrogen-bond acceptors (Lipinski definition) is 1. The molecule has 0 spiro atoms. The van der Waals surface area contributed by atoms with Crippen molar-refractivity contribution in [2.75, 3.05) is 0 Å². The fraction of sp³-hybridized carbons (Fsp3) is 0.933. The van der Waals surface area contributed by atoms with E-state index in [-0.39, 0.29) is 0 Å². The maximum atomic E-state index is 12.1. The van der Waals surface area contributed by atoms with E-state index in [0.717, 1.165) is 18.8 Å². The Morgan fingerprint density at radius 1 is 1.12 bits per heavy atom. The highest BCUT2D eigenvalue weighted by Crippen LogP contribution is 2.34. The number of Topliss-reactive ketones (excluding diaryl/α,β-unsaturated/α-hetero) is 1. The lowest BCUT2D eigenvalue weighted by Crippen LogP contribution is -2.14. The molecule has 1 heteroatoms. The number of carbonyl (C=O) groups is 1. The Kier molecular flexibility index (Phi) is 6.08. The van der Waals surface area contributed by atoms with Gasteiger partial charge in [0, 0.05) is 11.8 Å². The highest BCUT2D eigenvalue weighted by Gasteiger charge is 2.32. The minimum atomic E-state index is 0.417. The van der Waals surface area contributed by atoms with Gasteiger partial charge in [-0.05, 0) is 31.6 Å². The zero-order valence-electron chi connectivity index (χ0n) is 11.3. The molecule has 2 unspecified atom stereocenters. The zero-order chi connectivity index (χ0) is 12.0. The normalized spacial score (nSPS) is 25.6. The lowest BCUT2D eigenvalue weighted by atomic mass is 9.93. The number of unbranched alkanes of at least 4 members (excludes halogenated alkanes) is 1. The van der Waals surface area contributed by atoms with Crippen LogP contribution in [0.1, 0.15) is 72.1 Å². The lowest BCUT2D eigenvalue weighted by molar-refractivity contribution is -0.124. The molecule has 0 amide bonds. The van der Waals surface area contributed by atoms with Gasteiger partial charge in [-0.1, -0.05) is 46.5 Å². The standard InChI is InChI=1S/C15H28O/c1-4-5-8-13-10-11-14(15(13)16)9-6-7-12(2)3/h12-14H,4-11H2,1-3H3. The van der Waals surface area contributed by atoms with E-state index >= 15 is 0 Å². The zero-order valence-corrected chi connectivity index (χ0v) is 11.3. The van der Waals surface area contributed by atoms with Crippen LogP contribution in [0.4, 0.5) is 0 Å². The summed E-state index contributed by atoms with van der Waals surface area (Å²) in [6.07, 6.45) is 9.63. The molecule has 0 radical (unpaired) electrons. The monoisotopic (exact) mass is 224 g/mol. The van der Waals surface area contributed by atoms with Crippen LogP contribution in [0.25, 0.3) is 0 Å². The van der Waals surface area contributed by atoms with Crippen LogP contribution in [-0.4, -0.2) is 5.78 Å². The first kappa shape index (κ1) is 13.7. The van der Waals surface area contributed by atoms with Crippen molar-refractivity contribution < 1.29 is 4.79 Å². The van der Waals surface area contributed by atoms with Crippen LogP contribution < -0.4 is 0 Å². The average molecular weight is 224 g/mol. The second kappa shape index (κ2) is 7.09. The summed E-state index contributed by atoms with van der Waals surface area (Å²) in [5, 5.41) is 0. The number of rotatable bonds is 7. The summed E-state index contributed by atoms with van der Waals surface area (Å²) in [7, 11) is 0. The van der Waals surface area contributed by atoms with Gasteiger partial charge < -0.3 is 0 Å². The largest absolute Gasteiger partial charge is 0.299 e. The summed E-state index contributed by atoms with van der Waals surface area (Å²) < 4.78 is 0. The molecule has 1 saturated carbocycles. The van der Waals surface area contributed by atoms with Gasteiger partial charge >= 0.3 is 0 Å². The molecule has 2 atom stereocenters. The van der Waals surface area contributed by atoms with Crippen molar-refractivity contribution in [3.05, 3.63) is 0 Å². The Bertz CT molecular complexity index is 207. The maximum absolute atomic E-state index is 12.1. The Labute approximate surface area is 101 Å². The molecule has 1 fully saturated rings. The maximum Gasteiger partial charge on any atom is 0.139 e. The predicted octanol–water partition coefficient (Wildman–Crippen LogP) is 4.60. The second-order valence-corrected chi connectivity index (χ2v) is 5.84. The van der Waals surface area contributed by atoms with Crippen molar-refractivity contribution in [3.63, 3.8) is 0 Å². The molecular formula is C15H28O. The van der Waals surface area contributed by atoms with Crippen molar-refractivity contribution >= 4 is 5.78 Å². The topological polar surface area (TPSA) is 17.1 Å². The number of carbonyl (C=O) groups excluding carboxylic acids is 1. The quantitative estimate of drug-likeness (QED) is 0.617. The minimum Gasteiger partial charge on any atom is -0.299 e. The molecule has 1 aliphatic rings. The van der Waals surface area contributed by atoms with Crippen molar-refractivity contribution in [1.29, 1.82) is 0 Å². The van der Waals surface area contributed by atoms with Gasteiger partial charge in [0.25, 0.3) is 0 Å². The van der Waals surface area contributed by atoms with Gasteiger partial charge in [0.05, 0.1) is 0 Å². The van der Waals surface area contributed by atoms with E-state index < -0.39 is 0 Å². The van der Waals surface area contributed by atoms with Crippen LogP contribution in [-0.2, 0) is 4.79 Å². The van der Waals surface area contributed by atoms with Gasteiger partial charge in [-0.3, -0.25) is 4.79 Å².